The molecule has 0 aromatic rings. The molecule has 4 aliphatic rings. The molecule has 8 atom stereocenters. The third-order valence-electron chi connectivity index (χ3n) is 10.5. The molecule has 0 aromatic carbocycles. The lowest BCUT2D eigenvalue weighted by molar-refractivity contribution is -0.0560. The predicted octanol–water partition coefficient (Wildman–Crippen LogP) is 7.22. The molecule has 4 rings (SSSR count). The first-order valence-corrected chi connectivity index (χ1v) is 14.7. The molecule has 0 amide bonds. The van der Waals surface area contributed by atoms with Crippen molar-refractivity contribution in [1.29, 1.82) is 0 Å². The van der Waals surface area contributed by atoms with Gasteiger partial charge < -0.3 is 0 Å². The molecule has 6 unspecified atom stereocenters. The lowest BCUT2D eigenvalue weighted by Gasteiger charge is -2.58. The second-order valence-electron chi connectivity index (χ2n) is 12.7. The van der Waals surface area contributed by atoms with Crippen LogP contribution in [0.5, 0.6) is 0 Å². The van der Waals surface area contributed by atoms with E-state index >= 15 is 0 Å². The van der Waals surface area contributed by atoms with Gasteiger partial charge in [-0.05, 0) is 97.7 Å². The highest BCUT2D eigenvalue weighted by Gasteiger charge is 2.59. The highest BCUT2D eigenvalue weighted by molar-refractivity contribution is 7.80. The molecule has 4 nitrogen and oxygen atoms in total. The van der Waals surface area contributed by atoms with Crippen molar-refractivity contribution in [3.63, 3.8) is 0 Å². The maximum absolute atomic E-state index is 11.2. The quantitative estimate of drug-likeness (QED) is 0.318. The molecule has 1 N–H and O–H groups in total. The zero-order valence-corrected chi connectivity index (χ0v) is 21.8. The SMILES string of the molecule is CC(C)CCCC(C)[C@H]1CCC2C3CC=C4C[C@@H](OS(=O)(=O)O)CCC4(C)C3CCC21C. The second-order valence-corrected chi connectivity index (χ2v) is 13.7. The summed E-state index contributed by atoms with van der Waals surface area (Å²) in [7, 11) is -4.38. The van der Waals surface area contributed by atoms with Gasteiger partial charge in [0.15, 0.2) is 0 Å². The topological polar surface area (TPSA) is 63.6 Å². The zero-order chi connectivity index (χ0) is 23.3. The maximum Gasteiger partial charge on any atom is 0.397 e. The third-order valence-corrected chi connectivity index (χ3v) is 11.0. The Hall–Kier alpha value is -0.390. The van der Waals surface area contributed by atoms with E-state index in [1.807, 2.05) is 0 Å². The van der Waals surface area contributed by atoms with Gasteiger partial charge in [-0.3, -0.25) is 4.55 Å². The summed E-state index contributed by atoms with van der Waals surface area (Å²) in [6.45, 7) is 12.3. The zero-order valence-electron chi connectivity index (χ0n) is 21.0. The Kier molecular flexibility index (Phi) is 6.95. The second kappa shape index (κ2) is 9.00. The number of fused-ring (bicyclic) bond motifs is 5. The van der Waals surface area contributed by atoms with Gasteiger partial charge in [-0.15, -0.1) is 0 Å². The molecule has 0 bridgehead atoms. The predicted molar refractivity (Wildman–Crippen MR) is 129 cm³/mol. The fraction of sp³-hybridized carbons (Fsp3) is 0.926. The summed E-state index contributed by atoms with van der Waals surface area (Å²) < 4.78 is 36.6. The Morgan fingerprint density at radius 1 is 1.06 bits per heavy atom. The highest BCUT2D eigenvalue weighted by atomic mass is 32.3. The summed E-state index contributed by atoms with van der Waals surface area (Å²) in [5.41, 5.74) is 2.05. The first-order valence-electron chi connectivity index (χ1n) is 13.3. The normalized spacial score (nSPS) is 42.7. The van der Waals surface area contributed by atoms with Crippen molar-refractivity contribution in [1.82, 2.24) is 0 Å². The highest BCUT2D eigenvalue weighted by Crippen LogP contribution is 2.67. The molecule has 0 heterocycles. The van der Waals surface area contributed by atoms with E-state index in [-0.39, 0.29) is 5.41 Å². The molecule has 3 fully saturated rings. The van der Waals surface area contributed by atoms with Gasteiger partial charge in [0.1, 0.15) is 0 Å². The summed E-state index contributed by atoms with van der Waals surface area (Å²) in [6.07, 6.45) is 15.1. The van der Waals surface area contributed by atoms with E-state index in [1.165, 1.54) is 50.5 Å². The van der Waals surface area contributed by atoms with Crippen molar-refractivity contribution >= 4 is 10.4 Å². The minimum absolute atomic E-state index is 0.171. The number of rotatable bonds is 7. The van der Waals surface area contributed by atoms with Crippen LogP contribution >= 0.6 is 0 Å². The molecular weight excluding hydrogens is 420 g/mol. The Balaban J connectivity index is 1.47. The molecule has 32 heavy (non-hydrogen) atoms. The molecule has 4 aliphatic carbocycles. The van der Waals surface area contributed by atoms with Crippen LogP contribution < -0.4 is 0 Å². The average molecular weight is 467 g/mol. The van der Waals surface area contributed by atoms with Crippen molar-refractivity contribution in [3.05, 3.63) is 11.6 Å². The van der Waals surface area contributed by atoms with E-state index < -0.39 is 16.5 Å². The Morgan fingerprint density at radius 3 is 2.50 bits per heavy atom. The number of hydrogen-bond donors (Lipinski definition) is 1. The molecule has 0 spiro atoms. The summed E-state index contributed by atoms with van der Waals surface area (Å²) in [4.78, 5) is 0. The van der Waals surface area contributed by atoms with Crippen LogP contribution in [0.2, 0.25) is 0 Å². The minimum atomic E-state index is -4.38. The fourth-order valence-electron chi connectivity index (χ4n) is 8.91. The smallest absolute Gasteiger partial charge is 0.264 e. The van der Waals surface area contributed by atoms with Gasteiger partial charge in [-0.2, -0.15) is 8.42 Å². The number of hydrogen-bond acceptors (Lipinski definition) is 3. The molecule has 3 saturated carbocycles. The standard InChI is InChI=1S/C27H46O4S/c1-18(2)7-6-8-19(3)23-11-12-24-22-10-9-20-17-21(31-32(28,29)30)13-15-26(20,4)25(22)14-16-27(23,24)5/h9,18-19,21-25H,6-8,10-17H2,1-5H3,(H,28,29,30)/t19?,21-,22?,23+,24?,25?,26?,27?/m0/s1. The van der Waals surface area contributed by atoms with Crippen LogP contribution in [0.4, 0.5) is 0 Å². The van der Waals surface area contributed by atoms with Crippen LogP contribution in [0.15, 0.2) is 11.6 Å². The molecule has 0 saturated heterocycles. The van der Waals surface area contributed by atoms with Crippen LogP contribution in [-0.2, 0) is 14.6 Å². The summed E-state index contributed by atoms with van der Waals surface area (Å²) in [5, 5.41) is 0. The van der Waals surface area contributed by atoms with Crippen molar-refractivity contribution in [2.75, 3.05) is 0 Å². The lowest BCUT2D eigenvalue weighted by Crippen LogP contribution is -2.51. The first kappa shape index (κ1) is 24.7. The van der Waals surface area contributed by atoms with Crippen LogP contribution in [-0.4, -0.2) is 19.1 Å². The van der Waals surface area contributed by atoms with Gasteiger partial charge in [-0.25, -0.2) is 4.18 Å². The largest absolute Gasteiger partial charge is 0.397 e. The van der Waals surface area contributed by atoms with Gasteiger partial charge in [0, 0.05) is 0 Å². The van der Waals surface area contributed by atoms with Crippen LogP contribution in [0.25, 0.3) is 0 Å². The van der Waals surface area contributed by atoms with E-state index in [1.54, 1.807) is 0 Å². The molecule has 0 aromatic heterocycles. The van der Waals surface area contributed by atoms with Crippen LogP contribution in [0.3, 0.4) is 0 Å². The van der Waals surface area contributed by atoms with E-state index in [0.29, 0.717) is 24.2 Å². The third kappa shape index (κ3) is 4.60. The molecule has 5 heteroatoms. The van der Waals surface area contributed by atoms with Crippen molar-refractivity contribution < 1.29 is 17.2 Å². The van der Waals surface area contributed by atoms with Crippen molar-refractivity contribution in [2.24, 2.45) is 46.3 Å². The Bertz CT molecular complexity index is 818. The summed E-state index contributed by atoms with van der Waals surface area (Å²) in [6, 6.07) is 0. The van der Waals surface area contributed by atoms with Gasteiger partial charge in [0.25, 0.3) is 0 Å². The summed E-state index contributed by atoms with van der Waals surface area (Å²) in [5.74, 6) is 4.83. The Morgan fingerprint density at radius 2 is 1.81 bits per heavy atom. The summed E-state index contributed by atoms with van der Waals surface area (Å²) >= 11 is 0. The molecule has 0 radical (unpaired) electrons. The maximum atomic E-state index is 11.2. The van der Waals surface area contributed by atoms with Gasteiger partial charge in [0.2, 0.25) is 0 Å². The monoisotopic (exact) mass is 466 g/mol. The first-order chi connectivity index (χ1) is 14.9. The molecule has 184 valence electrons. The Labute approximate surface area is 196 Å². The van der Waals surface area contributed by atoms with Crippen LogP contribution in [0.1, 0.15) is 105 Å². The fourth-order valence-corrected chi connectivity index (χ4v) is 9.41. The van der Waals surface area contributed by atoms with E-state index in [2.05, 4.69) is 40.7 Å². The van der Waals surface area contributed by atoms with Crippen LogP contribution in [0, 0.1) is 46.3 Å². The van der Waals surface area contributed by atoms with Gasteiger partial charge >= 0.3 is 10.4 Å². The van der Waals surface area contributed by atoms with Crippen molar-refractivity contribution in [2.45, 2.75) is 111 Å². The minimum Gasteiger partial charge on any atom is -0.264 e. The average Bonchev–Trinajstić information content (AvgIpc) is 3.04. The van der Waals surface area contributed by atoms with Crippen molar-refractivity contribution in [3.8, 4) is 0 Å². The van der Waals surface area contributed by atoms with Gasteiger partial charge in [-0.1, -0.05) is 65.5 Å². The van der Waals surface area contributed by atoms with E-state index in [9.17, 15) is 8.42 Å². The van der Waals surface area contributed by atoms with E-state index in [4.69, 9.17) is 8.74 Å². The number of allylic oxidation sites excluding steroid dienone is 1. The van der Waals surface area contributed by atoms with Gasteiger partial charge in [0.05, 0.1) is 6.10 Å². The lowest BCUT2D eigenvalue weighted by atomic mass is 9.47. The van der Waals surface area contributed by atoms with E-state index in [0.717, 1.165) is 42.4 Å². The molecular formula is C27H46O4S. The molecule has 0 aliphatic heterocycles.